The van der Waals surface area contributed by atoms with Gasteiger partial charge >= 0.3 is 0 Å². The second-order valence-corrected chi connectivity index (χ2v) is 7.64. The van der Waals surface area contributed by atoms with Crippen molar-refractivity contribution in [3.8, 4) is 0 Å². The van der Waals surface area contributed by atoms with E-state index in [0.29, 0.717) is 5.13 Å². The Labute approximate surface area is 127 Å². The largest absolute Gasteiger partial charge is 0.311 e. The van der Waals surface area contributed by atoms with E-state index >= 15 is 0 Å². The van der Waals surface area contributed by atoms with Crippen molar-refractivity contribution in [3.05, 3.63) is 33.0 Å². The molecule has 4 rings (SSSR count). The molecule has 102 valence electrons. The maximum absolute atomic E-state index is 12.2. The fourth-order valence-electron chi connectivity index (χ4n) is 2.22. The van der Waals surface area contributed by atoms with Crippen LogP contribution in [-0.2, 0) is 13.0 Å². The second-order valence-electron chi connectivity index (χ2n) is 4.53. The molecule has 0 fully saturated rings. The van der Waals surface area contributed by atoms with Crippen LogP contribution < -0.4 is 10.6 Å². The molecule has 7 heteroatoms. The van der Waals surface area contributed by atoms with Gasteiger partial charge in [-0.15, -0.1) is 34.0 Å². The number of aromatic nitrogens is 1. The third-order valence-corrected chi connectivity index (χ3v) is 6.29. The maximum Gasteiger partial charge on any atom is 0.267 e. The van der Waals surface area contributed by atoms with Crippen LogP contribution in [0.15, 0.2) is 17.5 Å². The van der Waals surface area contributed by atoms with Crippen LogP contribution in [0.2, 0.25) is 0 Å². The number of anilines is 1. The van der Waals surface area contributed by atoms with E-state index in [1.165, 1.54) is 25.6 Å². The summed E-state index contributed by atoms with van der Waals surface area (Å²) in [6.45, 7) is 1.82. The number of thiazole rings is 1. The first-order valence-electron chi connectivity index (χ1n) is 6.27. The predicted octanol–water partition coefficient (Wildman–Crippen LogP) is 3.32. The molecule has 1 aliphatic heterocycles. The van der Waals surface area contributed by atoms with E-state index in [9.17, 15) is 4.79 Å². The Kier molecular flexibility index (Phi) is 3.07. The van der Waals surface area contributed by atoms with Gasteiger partial charge in [-0.05, 0) is 17.5 Å². The van der Waals surface area contributed by atoms with E-state index in [4.69, 9.17) is 0 Å². The molecule has 0 spiro atoms. The molecule has 20 heavy (non-hydrogen) atoms. The van der Waals surface area contributed by atoms with Crippen LogP contribution in [0.3, 0.4) is 0 Å². The number of thiophene rings is 2. The Morgan fingerprint density at radius 1 is 1.35 bits per heavy atom. The molecule has 0 radical (unpaired) electrons. The molecule has 0 saturated carbocycles. The topological polar surface area (TPSA) is 54.0 Å². The third kappa shape index (κ3) is 2.16. The number of nitrogens with zero attached hydrogens (tertiary/aromatic N) is 1. The molecule has 4 heterocycles. The first-order chi connectivity index (χ1) is 9.79. The van der Waals surface area contributed by atoms with Gasteiger partial charge in [-0.25, -0.2) is 4.98 Å². The lowest BCUT2D eigenvalue weighted by Gasteiger charge is -2.09. The molecular formula is C13H11N3OS3. The van der Waals surface area contributed by atoms with Gasteiger partial charge in [0, 0.05) is 33.8 Å². The van der Waals surface area contributed by atoms with Gasteiger partial charge < -0.3 is 5.32 Å². The second kappa shape index (κ2) is 4.92. The zero-order valence-corrected chi connectivity index (χ0v) is 12.9. The molecular weight excluding hydrogens is 310 g/mol. The summed E-state index contributed by atoms with van der Waals surface area (Å²) in [5.41, 5.74) is 1.12. The monoisotopic (exact) mass is 321 g/mol. The molecule has 3 aromatic heterocycles. The number of hydrogen-bond acceptors (Lipinski definition) is 6. The summed E-state index contributed by atoms with van der Waals surface area (Å²) in [7, 11) is 0. The van der Waals surface area contributed by atoms with E-state index in [-0.39, 0.29) is 5.91 Å². The fraction of sp³-hybridized carbons (Fsp3) is 0.231. The number of rotatable bonds is 2. The van der Waals surface area contributed by atoms with Crippen molar-refractivity contribution >= 4 is 54.4 Å². The van der Waals surface area contributed by atoms with Gasteiger partial charge in [0.1, 0.15) is 0 Å². The Bertz CT molecular complexity index is 734. The Hall–Kier alpha value is -1.28. The van der Waals surface area contributed by atoms with Crippen LogP contribution in [0.1, 0.15) is 20.2 Å². The number of nitrogens with one attached hydrogen (secondary N) is 2. The van der Waals surface area contributed by atoms with Gasteiger partial charge in [-0.1, -0.05) is 0 Å². The van der Waals surface area contributed by atoms with E-state index in [1.807, 2.05) is 11.4 Å². The first-order valence-corrected chi connectivity index (χ1v) is 8.78. The van der Waals surface area contributed by atoms with E-state index in [0.717, 1.165) is 30.1 Å². The molecule has 1 aliphatic rings. The fourth-order valence-corrected chi connectivity index (χ4v) is 5.19. The molecule has 0 aliphatic carbocycles. The van der Waals surface area contributed by atoms with Crippen molar-refractivity contribution in [2.24, 2.45) is 0 Å². The minimum Gasteiger partial charge on any atom is -0.311 e. The van der Waals surface area contributed by atoms with E-state index in [1.54, 1.807) is 22.7 Å². The van der Waals surface area contributed by atoms with Crippen LogP contribution in [0.25, 0.3) is 9.40 Å². The highest BCUT2D eigenvalue weighted by atomic mass is 32.1. The molecule has 0 unspecified atom stereocenters. The van der Waals surface area contributed by atoms with Gasteiger partial charge in [-0.2, -0.15) is 0 Å². The highest BCUT2D eigenvalue weighted by Gasteiger charge is 2.17. The van der Waals surface area contributed by atoms with Gasteiger partial charge in [-0.3, -0.25) is 10.1 Å². The molecule has 0 aromatic carbocycles. The van der Waals surface area contributed by atoms with Crippen molar-refractivity contribution in [2.75, 3.05) is 11.9 Å². The Morgan fingerprint density at radius 2 is 2.30 bits per heavy atom. The standard InChI is InChI=1S/C13H11N3OS3/c17-12(10-5-9-8(19-10)2-4-18-9)16-13-15-7-1-3-14-6-11(7)20-13/h2,4-5,14H,1,3,6H2,(H,15,16,17). The summed E-state index contributed by atoms with van der Waals surface area (Å²) in [6.07, 6.45) is 0.941. The van der Waals surface area contributed by atoms with E-state index in [2.05, 4.69) is 21.7 Å². The lowest BCUT2D eigenvalue weighted by Crippen LogP contribution is -2.22. The van der Waals surface area contributed by atoms with Crippen molar-refractivity contribution in [3.63, 3.8) is 0 Å². The summed E-state index contributed by atoms with van der Waals surface area (Å²) in [4.78, 5) is 18.7. The third-order valence-electron chi connectivity index (χ3n) is 3.19. The lowest BCUT2D eigenvalue weighted by atomic mass is 10.2. The van der Waals surface area contributed by atoms with Gasteiger partial charge in [0.2, 0.25) is 0 Å². The van der Waals surface area contributed by atoms with Crippen molar-refractivity contribution in [1.29, 1.82) is 0 Å². The van der Waals surface area contributed by atoms with Gasteiger partial charge in [0.05, 0.1) is 10.6 Å². The summed E-state index contributed by atoms with van der Waals surface area (Å²) in [5, 5.41) is 8.99. The zero-order valence-electron chi connectivity index (χ0n) is 10.4. The van der Waals surface area contributed by atoms with E-state index < -0.39 is 0 Å². The van der Waals surface area contributed by atoms with Crippen LogP contribution in [0.5, 0.6) is 0 Å². The number of carbonyl (C=O) groups is 1. The highest BCUT2D eigenvalue weighted by Crippen LogP contribution is 2.31. The van der Waals surface area contributed by atoms with Crippen LogP contribution in [0, 0.1) is 0 Å². The van der Waals surface area contributed by atoms with Crippen molar-refractivity contribution in [2.45, 2.75) is 13.0 Å². The number of carbonyl (C=O) groups excluding carboxylic acids is 1. The number of hydrogen-bond donors (Lipinski definition) is 2. The molecule has 0 bridgehead atoms. The summed E-state index contributed by atoms with van der Waals surface area (Å²) in [6, 6.07) is 4.00. The van der Waals surface area contributed by atoms with Crippen molar-refractivity contribution in [1.82, 2.24) is 10.3 Å². The first kappa shape index (κ1) is 12.5. The highest BCUT2D eigenvalue weighted by molar-refractivity contribution is 7.28. The average Bonchev–Trinajstić information content (AvgIpc) is 3.11. The SMILES string of the molecule is O=C(Nc1nc2c(s1)CNCC2)c1cc2sccc2s1. The maximum atomic E-state index is 12.2. The lowest BCUT2D eigenvalue weighted by molar-refractivity contribution is 0.103. The molecule has 1 amide bonds. The van der Waals surface area contributed by atoms with Gasteiger partial charge in [0.15, 0.2) is 5.13 Å². The minimum atomic E-state index is -0.0579. The van der Waals surface area contributed by atoms with Gasteiger partial charge in [0.25, 0.3) is 5.91 Å². The minimum absolute atomic E-state index is 0.0579. The normalized spacial score (nSPS) is 14.4. The molecule has 2 N–H and O–H groups in total. The number of amides is 1. The summed E-state index contributed by atoms with van der Waals surface area (Å²) >= 11 is 4.76. The van der Waals surface area contributed by atoms with Crippen LogP contribution >= 0.6 is 34.0 Å². The average molecular weight is 321 g/mol. The molecule has 3 aromatic rings. The predicted molar refractivity (Wildman–Crippen MR) is 85.2 cm³/mol. The van der Waals surface area contributed by atoms with Crippen LogP contribution in [0.4, 0.5) is 5.13 Å². The van der Waals surface area contributed by atoms with Crippen molar-refractivity contribution < 1.29 is 4.79 Å². The molecule has 4 nitrogen and oxygen atoms in total. The van der Waals surface area contributed by atoms with Crippen LogP contribution in [-0.4, -0.2) is 17.4 Å². The Balaban J connectivity index is 1.57. The summed E-state index contributed by atoms with van der Waals surface area (Å²) < 4.78 is 2.34. The Morgan fingerprint density at radius 3 is 3.15 bits per heavy atom. The molecule has 0 saturated heterocycles. The quantitative estimate of drug-likeness (QED) is 0.761. The zero-order chi connectivity index (χ0) is 13.5. The molecule has 0 atom stereocenters. The number of fused-ring (bicyclic) bond motifs is 2. The summed E-state index contributed by atoms with van der Waals surface area (Å²) in [5.74, 6) is -0.0579. The smallest absolute Gasteiger partial charge is 0.267 e.